The van der Waals surface area contributed by atoms with Crippen LogP contribution < -0.4 is 15.4 Å². The van der Waals surface area contributed by atoms with E-state index < -0.39 is 0 Å². The molecule has 20 heavy (non-hydrogen) atoms. The molecule has 4 nitrogen and oxygen atoms in total. The number of ether oxygens (including phenoxy) is 1. The Kier molecular flexibility index (Phi) is 6.52. The smallest absolute Gasteiger partial charge is 0.236 e. The predicted octanol–water partition coefficient (Wildman–Crippen LogP) is 2.51. The van der Waals surface area contributed by atoms with Crippen molar-refractivity contribution in [3.63, 3.8) is 0 Å². The molecule has 0 radical (unpaired) electrons. The quantitative estimate of drug-likeness (QED) is 0.805. The number of amides is 1. The zero-order chi connectivity index (χ0) is 15.1. The third kappa shape index (κ3) is 4.53. The first-order valence-corrected chi connectivity index (χ1v) is 7.10. The molecule has 0 aliphatic heterocycles. The summed E-state index contributed by atoms with van der Waals surface area (Å²) in [6.45, 7) is 6.28. The van der Waals surface area contributed by atoms with Gasteiger partial charge in [-0.25, -0.2) is 0 Å². The molecule has 0 fully saturated rings. The van der Waals surface area contributed by atoms with Crippen LogP contribution in [0.2, 0.25) is 0 Å². The van der Waals surface area contributed by atoms with Crippen LogP contribution in [0.1, 0.15) is 38.8 Å². The summed E-state index contributed by atoms with van der Waals surface area (Å²) < 4.78 is 5.38. The highest BCUT2D eigenvalue weighted by molar-refractivity contribution is 5.81. The number of methoxy groups -OCH3 is 1. The Balaban J connectivity index is 2.84. The third-order valence-corrected chi connectivity index (χ3v) is 3.33. The molecule has 0 bridgehead atoms. The largest absolute Gasteiger partial charge is 0.496 e. The highest BCUT2D eigenvalue weighted by Gasteiger charge is 2.22. The molecule has 2 unspecified atom stereocenters. The van der Waals surface area contributed by atoms with Crippen molar-refractivity contribution in [3.05, 3.63) is 29.8 Å². The fraction of sp³-hybridized carbons (Fsp3) is 0.562. The number of benzene rings is 1. The van der Waals surface area contributed by atoms with Crippen LogP contribution in [0.3, 0.4) is 0 Å². The minimum atomic E-state index is -0.195. The second-order valence-electron chi connectivity index (χ2n) is 5.43. The molecule has 1 amide bonds. The molecule has 112 valence electrons. The molecule has 0 aromatic heterocycles. The van der Waals surface area contributed by atoms with Gasteiger partial charge < -0.3 is 10.1 Å². The average Bonchev–Trinajstić information content (AvgIpc) is 2.45. The van der Waals surface area contributed by atoms with Gasteiger partial charge in [0.15, 0.2) is 0 Å². The highest BCUT2D eigenvalue weighted by atomic mass is 16.5. The Morgan fingerprint density at radius 3 is 2.45 bits per heavy atom. The van der Waals surface area contributed by atoms with E-state index in [4.69, 9.17) is 4.74 Å². The first kappa shape index (κ1) is 16.5. The number of hydrogen-bond donors (Lipinski definition) is 2. The summed E-state index contributed by atoms with van der Waals surface area (Å²) in [7, 11) is 3.33. The van der Waals surface area contributed by atoms with Gasteiger partial charge in [0.25, 0.3) is 0 Å². The number of hydrogen-bond acceptors (Lipinski definition) is 3. The van der Waals surface area contributed by atoms with Crippen LogP contribution in [0.5, 0.6) is 5.75 Å². The lowest BCUT2D eigenvalue weighted by atomic mass is 10.00. The van der Waals surface area contributed by atoms with Gasteiger partial charge in [-0.3, -0.25) is 10.1 Å². The maximum Gasteiger partial charge on any atom is 0.236 e. The second kappa shape index (κ2) is 7.90. The summed E-state index contributed by atoms with van der Waals surface area (Å²) >= 11 is 0. The molecule has 0 aliphatic rings. The van der Waals surface area contributed by atoms with Gasteiger partial charge in [-0.05, 0) is 25.3 Å². The van der Waals surface area contributed by atoms with Gasteiger partial charge in [-0.15, -0.1) is 0 Å². The molecule has 0 saturated carbocycles. The van der Waals surface area contributed by atoms with Crippen molar-refractivity contribution < 1.29 is 9.53 Å². The number of carbonyl (C=O) groups is 1. The van der Waals surface area contributed by atoms with Crippen molar-refractivity contribution in [2.75, 3.05) is 14.2 Å². The molecule has 0 aliphatic carbocycles. The first-order chi connectivity index (χ1) is 9.49. The minimum absolute atomic E-state index is 0.0282. The van der Waals surface area contributed by atoms with Crippen LogP contribution in [-0.2, 0) is 4.79 Å². The van der Waals surface area contributed by atoms with Gasteiger partial charge in [0.05, 0.1) is 13.2 Å². The van der Waals surface area contributed by atoms with Crippen LogP contribution in [0.25, 0.3) is 0 Å². The summed E-state index contributed by atoms with van der Waals surface area (Å²) in [5.41, 5.74) is 1.06. The summed E-state index contributed by atoms with van der Waals surface area (Å²) in [6, 6.07) is 7.73. The van der Waals surface area contributed by atoms with Gasteiger partial charge in [0.1, 0.15) is 5.75 Å². The topological polar surface area (TPSA) is 50.4 Å². The van der Waals surface area contributed by atoms with Crippen LogP contribution in [-0.4, -0.2) is 26.1 Å². The van der Waals surface area contributed by atoms with Crippen LogP contribution in [0.15, 0.2) is 24.3 Å². The van der Waals surface area contributed by atoms with E-state index in [1.807, 2.05) is 31.2 Å². The van der Waals surface area contributed by atoms with E-state index in [0.717, 1.165) is 17.7 Å². The average molecular weight is 278 g/mol. The summed E-state index contributed by atoms with van der Waals surface area (Å²) in [4.78, 5) is 12.0. The van der Waals surface area contributed by atoms with Gasteiger partial charge in [0, 0.05) is 18.7 Å². The molecule has 2 atom stereocenters. The maximum absolute atomic E-state index is 12.0. The third-order valence-electron chi connectivity index (χ3n) is 3.33. The van der Waals surface area contributed by atoms with Crippen molar-refractivity contribution >= 4 is 5.91 Å². The van der Waals surface area contributed by atoms with Crippen LogP contribution in [0.4, 0.5) is 0 Å². The first-order valence-electron chi connectivity index (χ1n) is 7.10. The van der Waals surface area contributed by atoms with Crippen molar-refractivity contribution in [1.29, 1.82) is 0 Å². The SMILES string of the molecule is CNC(=O)C(CC(C)C)NC(C)c1ccccc1OC. The molecular formula is C16H26N2O2. The number of rotatable bonds is 7. The molecule has 1 rings (SSSR count). The summed E-state index contributed by atoms with van der Waals surface area (Å²) in [5, 5.41) is 6.12. The van der Waals surface area contributed by atoms with Crippen molar-refractivity contribution in [2.24, 2.45) is 5.92 Å². The highest BCUT2D eigenvalue weighted by Crippen LogP contribution is 2.25. The minimum Gasteiger partial charge on any atom is -0.496 e. The van der Waals surface area contributed by atoms with Gasteiger partial charge in [-0.2, -0.15) is 0 Å². The molecule has 2 N–H and O–H groups in total. The molecule has 1 aromatic rings. The van der Waals surface area contributed by atoms with Crippen LogP contribution >= 0.6 is 0 Å². The lowest BCUT2D eigenvalue weighted by Gasteiger charge is -2.24. The van der Waals surface area contributed by atoms with E-state index in [2.05, 4.69) is 24.5 Å². The fourth-order valence-corrected chi connectivity index (χ4v) is 2.31. The molecule has 4 heteroatoms. The Bertz CT molecular complexity index is 432. The Morgan fingerprint density at radius 2 is 1.90 bits per heavy atom. The van der Waals surface area contributed by atoms with E-state index >= 15 is 0 Å². The lowest BCUT2D eigenvalue weighted by Crippen LogP contribution is -2.44. The second-order valence-corrected chi connectivity index (χ2v) is 5.43. The number of para-hydroxylation sites is 1. The van der Waals surface area contributed by atoms with Gasteiger partial charge in [0.2, 0.25) is 5.91 Å². The molecular weight excluding hydrogens is 252 g/mol. The van der Waals surface area contributed by atoms with E-state index in [1.165, 1.54) is 0 Å². The van der Waals surface area contributed by atoms with Gasteiger partial charge >= 0.3 is 0 Å². The van der Waals surface area contributed by atoms with Crippen molar-refractivity contribution in [3.8, 4) is 5.75 Å². The summed E-state index contributed by atoms with van der Waals surface area (Å²) in [6.07, 6.45) is 0.805. The number of carbonyl (C=O) groups excluding carboxylic acids is 1. The van der Waals surface area contributed by atoms with E-state index in [1.54, 1.807) is 14.2 Å². The van der Waals surface area contributed by atoms with Crippen molar-refractivity contribution in [1.82, 2.24) is 10.6 Å². The van der Waals surface area contributed by atoms with E-state index in [0.29, 0.717) is 5.92 Å². The standard InChI is InChI=1S/C16H26N2O2/c1-11(2)10-14(16(19)17-4)18-12(3)13-8-6-7-9-15(13)20-5/h6-9,11-12,14,18H,10H2,1-5H3,(H,17,19). The molecule has 0 saturated heterocycles. The molecule has 0 spiro atoms. The van der Waals surface area contributed by atoms with E-state index in [9.17, 15) is 4.79 Å². The maximum atomic E-state index is 12.0. The number of likely N-dealkylation sites (N-methyl/N-ethyl adjacent to an activating group) is 1. The zero-order valence-corrected chi connectivity index (χ0v) is 13.1. The monoisotopic (exact) mass is 278 g/mol. The Hall–Kier alpha value is -1.55. The fourth-order valence-electron chi connectivity index (χ4n) is 2.31. The molecule has 1 aromatic carbocycles. The zero-order valence-electron chi connectivity index (χ0n) is 13.1. The van der Waals surface area contributed by atoms with Crippen LogP contribution in [0, 0.1) is 5.92 Å². The van der Waals surface area contributed by atoms with Gasteiger partial charge in [-0.1, -0.05) is 32.0 Å². The lowest BCUT2D eigenvalue weighted by molar-refractivity contribution is -0.123. The number of nitrogens with one attached hydrogen (secondary N) is 2. The Labute approximate surface area is 121 Å². The Morgan fingerprint density at radius 1 is 1.25 bits per heavy atom. The van der Waals surface area contributed by atoms with Crippen molar-refractivity contribution in [2.45, 2.75) is 39.3 Å². The molecule has 0 heterocycles. The normalized spacial score (nSPS) is 13.9. The predicted molar refractivity (Wildman–Crippen MR) is 81.9 cm³/mol. The summed E-state index contributed by atoms with van der Waals surface area (Å²) in [5.74, 6) is 1.32. The van der Waals surface area contributed by atoms with E-state index in [-0.39, 0.29) is 18.0 Å².